The molecule has 1 aliphatic rings. The molecule has 6 heteroatoms. The number of piperidine rings is 1. The molecule has 0 bridgehead atoms. The van der Waals surface area contributed by atoms with Gasteiger partial charge >= 0.3 is 0 Å². The molecule has 1 aromatic carbocycles. The summed E-state index contributed by atoms with van der Waals surface area (Å²) in [5, 5.41) is 6.93. The van der Waals surface area contributed by atoms with Gasteiger partial charge < -0.3 is 10.6 Å². The van der Waals surface area contributed by atoms with Crippen LogP contribution in [0.3, 0.4) is 0 Å². The number of nitrogens with one attached hydrogen (secondary N) is 2. The van der Waals surface area contributed by atoms with Crippen molar-refractivity contribution >= 4 is 22.4 Å². The topological polar surface area (TPSA) is 54.0 Å². The van der Waals surface area contributed by atoms with Gasteiger partial charge in [0.1, 0.15) is 5.82 Å². The van der Waals surface area contributed by atoms with Gasteiger partial charge in [0.15, 0.2) is 5.13 Å². The molecule has 1 aliphatic heterocycles. The maximum absolute atomic E-state index is 13.0. The van der Waals surface area contributed by atoms with Gasteiger partial charge in [-0.2, -0.15) is 0 Å². The summed E-state index contributed by atoms with van der Waals surface area (Å²) >= 11 is 1.50. The Labute approximate surface area is 151 Å². The molecule has 1 saturated heterocycles. The van der Waals surface area contributed by atoms with Crippen molar-refractivity contribution in [3.8, 4) is 0 Å². The highest BCUT2D eigenvalue weighted by molar-refractivity contribution is 7.15. The molecule has 3 rings (SSSR count). The number of thiazole rings is 1. The van der Waals surface area contributed by atoms with E-state index in [1.165, 1.54) is 23.5 Å². The van der Waals surface area contributed by atoms with E-state index in [0.717, 1.165) is 48.5 Å². The smallest absolute Gasteiger partial charge is 0.226 e. The first-order valence-corrected chi connectivity index (χ1v) is 9.63. The maximum atomic E-state index is 13.0. The first-order chi connectivity index (χ1) is 12.1. The first kappa shape index (κ1) is 18.0. The molecule has 0 unspecified atom stereocenters. The largest absolute Gasteiger partial charge is 0.317 e. The second-order valence-electron chi connectivity index (χ2n) is 6.61. The summed E-state index contributed by atoms with van der Waals surface area (Å²) in [7, 11) is 0. The van der Waals surface area contributed by atoms with Crippen molar-refractivity contribution in [2.24, 2.45) is 5.92 Å². The molecule has 2 aromatic rings. The lowest BCUT2D eigenvalue weighted by Gasteiger charge is -2.21. The second-order valence-corrected chi connectivity index (χ2v) is 7.69. The highest BCUT2D eigenvalue weighted by Crippen LogP contribution is 2.26. The Morgan fingerprint density at radius 3 is 2.76 bits per heavy atom. The van der Waals surface area contributed by atoms with Crippen LogP contribution in [0.25, 0.3) is 0 Å². The minimum atomic E-state index is -0.230. The number of rotatable bonds is 6. The molecule has 2 heterocycles. The van der Waals surface area contributed by atoms with Gasteiger partial charge in [0.2, 0.25) is 5.91 Å². The van der Waals surface area contributed by atoms with Crippen LogP contribution in [0, 0.1) is 18.7 Å². The summed E-state index contributed by atoms with van der Waals surface area (Å²) in [6.07, 6.45) is 4.52. The van der Waals surface area contributed by atoms with Crippen molar-refractivity contribution < 1.29 is 9.18 Å². The molecule has 25 heavy (non-hydrogen) atoms. The number of carbonyl (C=O) groups excluding carboxylic acids is 1. The molecule has 0 spiro atoms. The van der Waals surface area contributed by atoms with Crippen molar-refractivity contribution in [3.05, 3.63) is 46.2 Å². The van der Waals surface area contributed by atoms with E-state index in [0.29, 0.717) is 23.9 Å². The number of halogens is 1. The van der Waals surface area contributed by atoms with Gasteiger partial charge in [-0.05, 0) is 62.9 Å². The molecular formula is C19H24FN3OS. The average Bonchev–Trinajstić information content (AvgIpc) is 2.95. The minimum absolute atomic E-state index is 0.0422. The maximum Gasteiger partial charge on any atom is 0.226 e. The van der Waals surface area contributed by atoms with Crippen LogP contribution in [0.4, 0.5) is 9.52 Å². The zero-order valence-corrected chi connectivity index (χ0v) is 15.3. The minimum Gasteiger partial charge on any atom is -0.317 e. The lowest BCUT2D eigenvalue weighted by atomic mass is 9.93. The van der Waals surface area contributed by atoms with Gasteiger partial charge in [0, 0.05) is 17.7 Å². The SMILES string of the molecule is Cc1nc(NC(=O)CCC2CCNCC2)sc1Cc1ccc(F)cc1. The number of aromatic nitrogens is 1. The van der Waals surface area contributed by atoms with E-state index in [9.17, 15) is 9.18 Å². The zero-order chi connectivity index (χ0) is 17.6. The van der Waals surface area contributed by atoms with Crippen LogP contribution in [0.15, 0.2) is 24.3 Å². The van der Waals surface area contributed by atoms with E-state index in [-0.39, 0.29) is 11.7 Å². The second kappa shape index (κ2) is 8.54. The summed E-state index contributed by atoms with van der Waals surface area (Å²) in [6, 6.07) is 6.50. The van der Waals surface area contributed by atoms with E-state index in [4.69, 9.17) is 0 Å². The van der Waals surface area contributed by atoms with Crippen LogP contribution in [0.1, 0.15) is 41.8 Å². The third-order valence-corrected chi connectivity index (χ3v) is 5.73. The number of benzene rings is 1. The Morgan fingerprint density at radius 2 is 2.04 bits per heavy atom. The van der Waals surface area contributed by atoms with Gasteiger partial charge in [-0.3, -0.25) is 4.79 Å². The fraction of sp³-hybridized carbons (Fsp3) is 0.474. The molecule has 1 aromatic heterocycles. The van der Waals surface area contributed by atoms with Crippen molar-refractivity contribution in [1.82, 2.24) is 10.3 Å². The molecule has 1 fully saturated rings. The van der Waals surface area contributed by atoms with Crippen molar-refractivity contribution in [2.45, 2.75) is 39.0 Å². The van der Waals surface area contributed by atoms with Crippen molar-refractivity contribution in [3.63, 3.8) is 0 Å². The number of carbonyl (C=O) groups is 1. The fourth-order valence-electron chi connectivity index (χ4n) is 3.12. The third kappa shape index (κ3) is 5.34. The van der Waals surface area contributed by atoms with E-state index in [2.05, 4.69) is 15.6 Å². The van der Waals surface area contributed by atoms with Gasteiger partial charge in [-0.1, -0.05) is 12.1 Å². The quantitative estimate of drug-likeness (QED) is 0.820. The fourth-order valence-corrected chi connectivity index (χ4v) is 4.13. The number of hydrogen-bond acceptors (Lipinski definition) is 4. The summed E-state index contributed by atoms with van der Waals surface area (Å²) in [5.41, 5.74) is 1.96. The van der Waals surface area contributed by atoms with Crippen LogP contribution in [-0.2, 0) is 11.2 Å². The lowest BCUT2D eigenvalue weighted by Crippen LogP contribution is -2.28. The average molecular weight is 361 g/mol. The van der Waals surface area contributed by atoms with E-state index >= 15 is 0 Å². The Hall–Kier alpha value is -1.79. The molecular weight excluding hydrogens is 337 g/mol. The molecule has 4 nitrogen and oxygen atoms in total. The van der Waals surface area contributed by atoms with Gasteiger partial charge in [0.05, 0.1) is 5.69 Å². The Balaban J connectivity index is 1.52. The predicted octanol–water partition coefficient (Wildman–Crippen LogP) is 3.90. The van der Waals surface area contributed by atoms with Gasteiger partial charge in [0.25, 0.3) is 0 Å². The molecule has 0 atom stereocenters. The Kier molecular flexibility index (Phi) is 6.15. The number of anilines is 1. The summed E-state index contributed by atoms with van der Waals surface area (Å²) in [6.45, 7) is 4.06. The summed E-state index contributed by atoms with van der Waals surface area (Å²) in [4.78, 5) is 17.7. The Morgan fingerprint density at radius 1 is 1.32 bits per heavy atom. The molecule has 0 aliphatic carbocycles. The van der Waals surface area contributed by atoms with Crippen molar-refractivity contribution in [1.29, 1.82) is 0 Å². The van der Waals surface area contributed by atoms with Crippen LogP contribution in [-0.4, -0.2) is 24.0 Å². The van der Waals surface area contributed by atoms with Crippen LogP contribution >= 0.6 is 11.3 Å². The highest BCUT2D eigenvalue weighted by atomic mass is 32.1. The third-order valence-electron chi connectivity index (χ3n) is 4.66. The van der Waals surface area contributed by atoms with Crippen LogP contribution in [0.5, 0.6) is 0 Å². The van der Waals surface area contributed by atoms with Gasteiger partial charge in [-0.15, -0.1) is 11.3 Å². The highest BCUT2D eigenvalue weighted by Gasteiger charge is 2.16. The van der Waals surface area contributed by atoms with E-state index in [1.807, 2.05) is 6.92 Å². The summed E-state index contributed by atoms with van der Waals surface area (Å²) < 4.78 is 13.0. The van der Waals surface area contributed by atoms with Gasteiger partial charge in [-0.25, -0.2) is 9.37 Å². The number of aryl methyl sites for hydroxylation is 1. The van der Waals surface area contributed by atoms with E-state index in [1.54, 1.807) is 12.1 Å². The zero-order valence-electron chi connectivity index (χ0n) is 14.5. The number of amides is 1. The molecule has 1 amide bonds. The normalized spacial score (nSPS) is 15.3. The number of nitrogens with zero attached hydrogens (tertiary/aromatic N) is 1. The molecule has 2 N–H and O–H groups in total. The number of hydrogen-bond donors (Lipinski definition) is 2. The van der Waals surface area contributed by atoms with Crippen molar-refractivity contribution in [2.75, 3.05) is 18.4 Å². The van der Waals surface area contributed by atoms with E-state index < -0.39 is 0 Å². The molecule has 0 saturated carbocycles. The Bertz CT molecular complexity index is 708. The molecule has 134 valence electrons. The standard InChI is InChI=1S/C19H24FN3OS/c1-13-17(12-15-2-5-16(20)6-3-15)25-19(22-13)23-18(24)7-4-14-8-10-21-11-9-14/h2-3,5-6,14,21H,4,7-12H2,1H3,(H,22,23,24). The van der Waals surface area contributed by atoms with Crippen LogP contribution in [0.2, 0.25) is 0 Å². The predicted molar refractivity (Wildman–Crippen MR) is 99.5 cm³/mol. The summed E-state index contributed by atoms with van der Waals surface area (Å²) in [5.74, 6) is 0.464. The monoisotopic (exact) mass is 361 g/mol. The van der Waals surface area contributed by atoms with Crippen LogP contribution < -0.4 is 10.6 Å². The first-order valence-electron chi connectivity index (χ1n) is 8.81. The molecule has 0 radical (unpaired) electrons. The lowest BCUT2D eigenvalue weighted by molar-refractivity contribution is -0.116.